The molecule has 0 bridgehead atoms. The molecule has 0 aromatic heterocycles. The number of carbonyl (C=O) groups excluding carboxylic acids is 2. The first-order chi connectivity index (χ1) is 11.3. The van der Waals surface area contributed by atoms with E-state index in [1.54, 1.807) is 11.8 Å². The molecule has 1 amide bonds. The van der Waals surface area contributed by atoms with E-state index in [0.29, 0.717) is 6.42 Å². The van der Waals surface area contributed by atoms with Crippen molar-refractivity contribution in [1.29, 1.82) is 0 Å². The minimum absolute atomic E-state index is 0.113. The maximum atomic E-state index is 12.6. The number of hydrogen-bond acceptors (Lipinski definition) is 4. The lowest BCUT2D eigenvalue weighted by Gasteiger charge is -2.25. The number of hydrogen-bond donors (Lipinski definition) is 1. The molecule has 0 spiro atoms. The highest BCUT2D eigenvalue weighted by Gasteiger charge is 2.38. The van der Waals surface area contributed by atoms with Crippen LogP contribution in [-0.2, 0) is 16.0 Å². The predicted molar refractivity (Wildman–Crippen MR) is 93.4 cm³/mol. The van der Waals surface area contributed by atoms with Crippen molar-refractivity contribution in [2.24, 2.45) is 0 Å². The summed E-state index contributed by atoms with van der Waals surface area (Å²) in [4.78, 5) is 26.9. The predicted octanol–water partition coefficient (Wildman–Crippen LogP) is 2.23. The zero-order chi connectivity index (χ0) is 16.1. The third-order valence-corrected chi connectivity index (χ3v) is 5.75. The topological polar surface area (TPSA) is 49.4 Å². The highest BCUT2D eigenvalue weighted by atomic mass is 32.2. The van der Waals surface area contributed by atoms with Crippen LogP contribution in [0.3, 0.4) is 0 Å². The number of amides is 1. The Morgan fingerprint density at radius 3 is 2.83 bits per heavy atom. The lowest BCUT2D eigenvalue weighted by molar-refractivity contribution is -0.137. The third-order valence-electron chi connectivity index (χ3n) is 4.58. The molecule has 4 nitrogen and oxygen atoms in total. The summed E-state index contributed by atoms with van der Waals surface area (Å²) in [5.41, 5.74) is 1.26. The van der Waals surface area contributed by atoms with Crippen LogP contribution in [0.1, 0.15) is 31.2 Å². The maximum absolute atomic E-state index is 12.6. The highest BCUT2D eigenvalue weighted by molar-refractivity contribution is 8.00. The lowest BCUT2D eigenvalue weighted by Crippen LogP contribution is -2.46. The van der Waals surface area contributed by atoms with Gasteiger partial charge in [-0.15, -0.1) is 11.8 Å². The molecule has 1 unspecified atom stereocenters. The summed E-state index contributed by atoms with van der Waals surface area (Å²) >= 11 is 1.67. The zero-order valence-corrected chi connectivity index (χ0v) is 14.2. The van der Waals surface area contributed by atoms with Gasteiger partial charge in [0, 0.05) is 25.3 Å². The normalized spacial score (nSPS) is 24.1. The van der Waals surface area contributed by atoms with Gasteiger partial charge in [0.1, 0.15) is 5.37 Å². The quantitative estimate of drug-likeness (QED) is 0.868. The maximum Gasteiger partial charge on any atom is 0.223 e. The van der Waals surface area contributed by atoms with Crippen molar-refractivity contribution >= 4 is 23.5 Å². The standard InChI is InChI=1S/C18H24N2O2S/c21-16(10-4-8-14-6-2-1-3-7-14)20-12-5-9-15(20)17(22)18-19-11-13-23-18/h1-3,6-7,15,18-19H,4-5,8-13H2/t15-,18?/m0/s1. The fourth-order valence-electron chi connectivity index (χ4n) is 3.38. The summed E-state index contributed by atoms with van der Waals surface area (Å²) in [6.07, 6.45) is 4.06. The van der Waals surface area contributed by atoms with E-state index >= 15 is 0 Å². The van der Waals surface area contributed by atoms with E-state index in [9.17, 15) is 9.59 Å². The Morgan fingerprint density at radius 2 is 2.09 bits per heavy atom. The van der Waals surface area contributed by atoms with E-state index in [1.165, 1.54) is 5.56 Å². The number of ketones is 1. The summed E-state index contributed by atoms with van der Waals surface area (Å²) < 4.78 is 0. The van der Waals surface area contributed by atoms with Crippen LogP contribution < -0.4 is 5.32 Å². The van der Waals surface area contributed by atoms with Gasteiger partial charge in [-0.1, -0.05) is 30.3 Å². The van der Waals surface area contributed by atoms with Crippen LogP contribution in [-0.4, -0.2) is 46.8 Å². The minimum atomic E-state index is -0.206. The molecule has 2 saturated heterocycles. The molecule has 2 aliphatic rings. The Bertz CT molecular complexity index is 543. The highest BCUT2D eigenvalue weighted by Crippen LogP contribution is 2.25. The molecule has 1 aromatic carbocycles. The number of Topliss-reactive ketones (excluding diaryl/α,β-unsaturated/α-hetero) is 1. The summed E-state index contributed by atoms with van der Waals surface area (Å²) in [6.45, 7) is 1.62. The Labute approximate surface area is 142 Å². The van der Waals surface area contributed by atoms with Crippen LogP contribution in [0.2, 0.25) is 0 Å². The molecule has 0 saturated carbocycles. The number of aryl methyl sites for hydroxylation is 1. The Kier molecular flexibility index (Phi) is 5.73. The molecule has 2 aliphatic heterocycles. The van der Waals surface area contributed by atoms with Crippen LogP contribution >= 0.6 is 11.8 Å². The monoisotopic (exact) mass is 332 g/mol. The Balaban J connectivity index is 1.50. The van der Waals surface area contributed by atoms with Crippen LogP contribution in [0.4, 0.5) is 0 Å². The Morgan fingerprint density at radius 1 is 1.26 bits per heavy atom. The summed E-state index contributed by atoms with van der Waals surface area (Å²) in [5.74, 6) is 1.31. The van der Waals surface area contributed by atoms with Gasteiger partial charge in [-0.25, -0.2) is 0 Å². The molecular weight excluding hydrogens is 308 g/mol. The van der Waals surface area contributed by atoms with Crippen molar-refractivity contribution in [3.63, 3.8) is 0 Å². The number of nitrogens with one attached hydrogen (secondary N) is 1. The fourth-order valence-corrected chi connectivity index (χ4v) is 4.40. The number of thioether (sulfide) groups is 1. The largest absolute Gasteiger partial charge is 0.333 e. The van der Waals surface area contributed by atoms with Crippen molar-refractivity contribution in [3.05, 3.63) is 35.9 Å². The van der Waals surface area contributed by atoms with Gasteiger partial charge in [0.05, 0.1) is 6.04 Å². The number of rotatable bonds is 6. The summed E-state index contributed by atoms with van der Waals surface area (Å²) in [6, 6.07) is 10.0. The smallest absolute Gasteiger partial charge is 0.223 e. The van der Waals surface area contributed by atoms with Gasteiger partial charge in [0.15, 0.2) is 5.78 Å². The first-order valence-electron chi connectivity index (χ1n) is 8.48. The number of benzene rings is 1. The van der Waals surface area contributed by atoms with Crippen LogP contribution in [0.15, 0.2) is 30.3 Å². The molecule has 5 heteroatoms. The number of nitrogens with zero attached hydrogens (tertiary/aromatic N) is 1. The van der Waals surface area contributed by atoms with E-state index in [0.717, 1.165) is 44.5 Å². The van der Waals surface area contributed by atoms with Crippen molar-refractivity contribution in [2.45, 2.75) is 43.5 Å². The second-order valence-corrected chi connectivity index (χ2v) is 7.40. The Hall–Kier alpha value is -1.33. The van der Waals surface area contributed by atoms with Crippen molar-refractivity contribution in [1.82, 2.24) is 10.2 Å². The summed E-state index contributed by atoms with van der Waals surface area (Å²) in [7, 11) is 0. The van der Waals surface area contributed by atoms with Crippen molar-refractivity contribution in [2.75, 3.05) is 18.8 Å². The molecular formula is C18H24N2O2S. The molecule has 0 aliphatic carbocycles. The lowest BCUT2D eigenvalue weighted by atomic mass is 10.1. The molecule has 2 atom stereocenters. The van der Waals surface area contributed by atoms with Gasteiger partial charge in [-0.05, 0) is 31.2 Å². The second kappa shape index (κ2) is 7.97. The zero-order valence-electron chi connectivity index (χ0n) is 13.4. The van der Waals surface area contributed by atoms with Gasteiger partial charge < -0.3 is 4.90 Å². The van der Waals surface area contributed by atoms with Crippen LogP contribution in [0.5, 0.6) is 0 Å². The fraction of sp³-hybridized carbons (Fsp3) is 0.556. The molecule has 2 heterocycles. The van der Waals surface area contributed by atoms with Gasteiger partial charge in [-0.2, -0.15) is 0 Å². The molecule has 1 N–H and O–H groups in total. The van der Waals surface area contributed by atoms with Gasteiger partial charge in [0.25, 0.3) is 0 Å². The van der Waals surface area contributed by atoms with Gasteiger partial charge in [-0.3, -0.25) is 14.9 Å². The van der Waals surface area contributed by atoms with Gasteiger partial charge in [0.2, 0.25) is 5.91 Å². The minimum Gasteiger partial charge on any atom is -0.333 e. The number of likely N-dealkylation sites (tertiary alicyclic amines) is 1. The van der Waals surface area contributed by atoms with Crippen LogP contribution in [0, 0.1) is 0 Å². The van der Waals surface area contributed by atoms with E-state index in [-0.39, 0.29) is 23.1 Å². The van der Waals surface area contributed by atoms with E-state index in [4.69, 9.17) is 0 Å². The molecule has 2 fully saturated rings. The van der Waals surface area contributed by atoms with E-state index < -0.39 is 0 Å². The summed E-state index contributed by atoms with van der Waals surface area (Å²) in [5, 5.41) is 3.12. The third kappa shape index (κ3) is 4.15. The average molecular weight is 332 g/mol. The average Bonchev–Trinajstić information content (AvgIpc) is 3.27. The SMILES string of the molecule is O=C(C1NCCS1)[C@@H]1CCCN1C(=O)CCCc1ccccc1. The van der Waals surface area contributed by atoms with Crippen molar-refractivity contribution in [3.8, 4) is 0 Å². The molecule has 1 aromatic rings. The molecule has 0 radical (unpaired) electrons. The first kappa shape index (κ1) is 16.5. The van der Waals surface area contributed by atoms with Gasteiger partial charge >= 0.3 is 0 Å². The molecule has 3 rings (SSSR count). The number of carbonyl (C=O) groups is 2. The molecule has 124 valence electrons. The second-order valence-electron chi connectivity index (χ2n) is 6.19. The van der Waals surface area contributed by atoms with E-state index in [1.807, 2.05) is 23.1 Å². The first-order valence-corrected chi connectivity index (χ1v) is 9.53. The van der Waals surface area contributed by atoms with Crippen LogP contribution in [0.25, 0.3) is 0 Å². The van der Waals surface area contributed by atoms with Crippen molar-refractivity contribution < 1.29 is 9.59 Å². The molecule has 23 heavy (non-hydrogen) atoms. The van der Waals surface area contributed by atoms with E-state index in [2.05, 4.69) is 17.4 Å².